The molecule has 3 atom stereocenters. The molecule has 0 amide bonds. The van der Waals surface area contributed by atoms with Gasteiger partial charge in [0, 0.05) is 18.5 Å². The predicted molar refractivity (Wildman–Crippen MR) is 95.3 cm³/mol. The second-order valence-corrected chi connectivity index (χ2v) is 7.52. The molecule has 1 saturated carbocycles. The van der Waals surface area contributed by atoms with Gasteiger partial charge in [-0.2, -0.15) is 0 Å². The Balaban J connectivity index is 1.71. The van der Waals surface area contributed by atoms with Crippen LogP contribution in [0.2, 0.25) is 0 Å². The van der Waals surface area contributed by atoms with Crippen LogP contribution in [0.25, 0.3) is 10.9 Å². The molecule has 1 aliphatic heterocycles. The number of fused-ring (bicyclic) bond motifs is 1. The van der Waals surface area contributed by atoms with Gasteiger partial charge in [-0.15, -0.1) is 0 Å². The minimum Gasteiger partial charge on any atom is -0.390 e. The Morgan fingerprint density at radius 1 is 1.25 bits per heavy atom. The number of nitrogens with one attached hydrogen (secondary N) is 1. The van der Waals surface area contributed by atoms with Crippen LogP contribution in [0.15, 0.2) is 29.1 Å². The third kappa shape index (κ3) is 2.61. The Hall–Kier alpha value is -1.88. The largest absolute Gasteiger partial charge is 0.390 e. The summed E-state index contributed by atoms with van der Waals surface area (Å²) in [6.45, 7) is 2.86. The third-order valence-electron chi connectivity index (χ3n) is 5.88. The van der Waals surface area contributed by atoms with Crippen LogP contribution < -0.4 is 10.5 Å². The van der Waals surface area contributed by atoms with E-state index in [0.29, 0.717) is 11.3 Å². The van der Waals surface area contributed by atoms with Crippen LogP contribution in [0, 0.1) is 5.92 Å². The molecule has 24 heavy (non-hydrogen) atoms. The molecule has 1 saturated heterocycles. The first kappa shape index (κ1) is 15.6. The summed E-state index contributed by atoms with van der Waals surface area (Å²) < 4.78 is 0. The van der Waals surface area contributed by atoms with Crippen molar-refractivity contribution in [2.45, 2.75) is 57.1 Å². The molecular formula is C19H25N3O2. The van der Waals surface area contributed by atoms with Crippen LogP contribution in [0.1, 0.15) is 45.4 Å². The van der Waals surface area contributed by atoms with Crippen molar-refractivity contribution in [2.24, 2.45) is 5.92 Å². The number of para-hydroxylation sites is 1. The third-order valence-corrected chi connectivity index (χ3v) is 5.88. The fourth-order valence-electron chi connectivity index (χ4n) is 4.63. The Labute approximate surface area is 141 Å². The van der Waals surface area contributed by atoms with E-state index < -0.39 is 5.60 Å². The zero-order chi connectivity index (χ0) is 16.7. The van der Waals surface area contributed by atoms with E-state index >= 15 is 0 Å². The maximum absolute atomic E-state index is 12.4. The van der Waals surface area contributed by atoms with Gasteiger partial charge in [0.1, 0.15) is 0 Å². The molecule has 5 heteroatoms. The lowest BCUT2D eigenvalue weighted by Crippen LogP contribution is -2.49. The van der Waals surface area contributed by atoms with Gasteiger partial charge in [0.05, 0.1) is 16.5 Å². The van der Waals surface area contributed by atoms with Gasteiger partial charge in [-0.25, -0.2) is 4.98 Å². The van der Waals surface area contributed by atoms with Crippen LogP contribution in [0.5, 0.6) is 0 Å². The SMILES string of the molecule is C[C@]1(O)CCCC[C@@H]1[C@@H]1CCCN1c1nc2ccccc2c(=O)[nH]1. The molecule has 2 heterocycles. The van der Waals surface area contributed by atoms with Gasteiger partial charge in [-0.1, -0.05) is 25.0 Å². The molecule has 2 aromatic rings. The molecule has 1 aromatic heterocycles. The van der Waals surface area contributed by atoms with Gasteiger partial charge < -0.3 is 10.0 Å². The first-order chi connectivity index (χ1) is 11.6. The first-order valence-electron chi connectivity index (χ1n) is 9.04. The van der Waals surface area contributed by atoms with Crippen LogP contribution in [-0.4, -0.2) is 33.3 Å². The quantitative estimate of drug-likeness (QED) is 0.890. The van der Waals surface area contributed by atoms with Crippen molar-refractivity contribution in [3.8, 4) is 0 Å². The molecular weight excluding hydrogens is 302 g/mol. The highest BCUT2D eigenvalue weighted by Crippen LogP contribution is 2.41. The molecule has 5 nitrogen and oxygen atoms in total. The molecule has 0 radical (unpaired) electrons. The van der Waals surface area contributed by atoms with E-state index in [1.54, 1.807) is 6.07 Å². The second-order valence-electron chi connectivity index (χ2n) is 7.52. The zero-order valence-electron chi connectivity index (χ0n) is 14.2. The van der Waals surface area contributed by atoms with Crippen molar-refractivity contribution in [2.75, 3.05) is 11.4 Å². The van der Waals surface area contributed by atoms with Gasteiger partial charge in [0.2, 0.25) is 5.95 Å². The standard InChI is InChI=1S/C19H25N3O2/c1-19(24)11-5-4-8-14(19)16-10-6-12-22(16)18-20-15-9-3-2-7-13(15)17(23)21-18/h2-3,7,9,14,16,24H,4-6,8,10-12H2,1H3,(H,20,21,23)/t14-,16+,19+/m1/s1. The molecule has 2 fully saturated rings. The van der Waals surface area contributed by atoms with Crippen molar-refractivity contribution in [1.82, 2.24) is 9.97 Å². The number of hydrogen-bond acceptors (Lipinski definition) is 4. The Bertz CT molecular complexity index is 799. The lowest BCUT2D eigenvalue weighted by atomic mass is 9.72. The van der Waals surface area contributed by atoms with Crippen molar-refractivity contribution >= 4 is 16.9 Å². The molecule has 0 bridgehead atoms. The molecule has 4 rings (SSSR count). The molecule has 1 aliphatic carbocycles. The highest BCUT2D eigenvalue weighted by molar-refractivity contribution is 5.78. The normalized spacial score (nSPS) is 30.8. The number of benzene rings is 1. The van der Waals surface area contributed by atoms with Crippen molar-refractivity contribution in [3.63, 3.8) is 0 Å². The maximum atomic E-state index is 12.4. The number of aromatic amines is 1. The summed E-state index contributed by atoms with van der Waals surface area (Å²) in [5.74, 6) is 0.896. The molecule has 1 aromatic carbocycles. The Kier molecular flexibility index (Phi) is 3.83. The summed E-state index contributed by atoms with van der Waals surface area (Å²) in [6, 6.07) is 7.71. The highest BCUT2D eigenvalue weighted by Gasteiger charge is 2.43. The topological polar surface area (TPSA) is 69.2 Å². The summed E-state index contributed by atoms with van der Waals surface area (Å²) in [5.41, 5.74) is 0.0248. The van der Waals surface area contributed by atoms with Crippen LogP contribution in [0.3, 0.4) is 0 Å². The monoisotopic (exact) mass is 327 g/mol. The van der Waals surface area contributed by atoms with E-state index in [1.165, 1.54) is 6.42 Å². The summed E-state index contributed by atoms with van der Waals surface area (Å²) in [4.78, 5) is 22.3. The average Bonchev–Trinajstić information content (AvgIpc) is 3.03. The predicted octanol–water partition coefficient (Wildman–Crippen LogP) is 2.83. The fraction of sp³-hybridized carbons (Fsp3) is 0.579. The minimum absolute atomic E-state index is 0.0864. The van der Waals surface area contributed by atoms with E-state index in [-0.39, 0.29) is 17.5 Å². The van der Waals surface area contributed by atoms with Gasteiger partial charge in [-0.3, -0.25) is 9.78 Å². The minimum atomic E-state index is -0.622. The van der Waals surface area contributed by atoms with Gasteiger partial charge >= 0.3 is 0 Å². The average molecular weight is 327 g/mol. The highest BCUT2D eigenvalue weighted by atomic mass is 16.3. The van der Waals surface area contributed by atoms with Gasteiger partial charge in [0.25, 0.3) is 5.56 Å². The number of rotatable bonds is 2. The number of nitrogens with zero attached hydrogens (tertiary/aromatic N) is 2. The summed E-state index contributed by atoms with van der Waals surface area (Å²) >= 11 is 0. The molecule has 0 spiro atoms. The van der Waals surface area contributed by atoms with E-state index in [0.717, 1.165) is 44.2 Å². The summed E-state index contributed by atoms with van der Waals surface area (Å²) in [6.07, 6.45) is 6.31. The van der Waals surface area contributed by atoms with E-state index in [1.807, 2.05) is 25.1 Å². The van der Waals surface area contributed by atoms with Crippen molar-refractivity contribution in [3.05, 3.63) is 34.6 Å². The van der Waals surface area contributed by atoms with E-state index in [4.69, 9.17) is 4.98 Å². The van der Waals surface area contributed by atoms with Gasteiger partial charge in [0.15, 0.2) is 0 Å². The smallest absolute Gasteiger partial charge is 0.260 e. The zero-order valence-corrected chi connectivity index (χ0v) is 14.2. The lowest BCUT2D eigenvalue weighted by molar-refractivity contribution is -0.0411. The summed E-state index contributed by atoms with van der Waals surface area (Å²) in [5, 5.41) is 11.5. The van der Waals surface area contributed by atoms with Crippen LogP contribution >= 0.6 is 0 Å². The summed E-state index contributed by atoms with van der Waals surface area (Å²) in [7, 11) is 0. The number of aliphatic hydroxyl groups is 1. The Morgan fingerprint density at radius 2 is 2.08 bits per heavy atom. The maximum Gasteiger partial charge on any atom is 0.260 e. The van der Waals surface area contributed by atoms with Crippen molar-refractivity contribution in [1.29, 1.82) is 0 Å². The Morgan fingerprint density at radius 3 is 2.92 bits per heavy atom. The van der Waals surface area contributed by atoms with Crippen molar-refractivity contribution < 1.29 is 5.11 Å². The van der Waals surface area contributed by atoms with Crippen LogP contribution in [0.4, 0.5) is 5.95 Å². The van der Waals surface area contributed by atoms with Crippen LogP contribution in [-0.2, 0) is 0 Å². The van der Waals surface area contributed by atoms with Gasteiger partial charge in [-0.05, 0) is 44.7 Å². The number of anilines is 1. The van der Waals surface area contributed by atoms with E-state index in [2.05, 4.69) is 9.88 Å². The number of hydrogen-bond donors (Lipinski definition) is 2. The second kappa shape index (κ2) is 5.88. The molecule has 2 N–H and O–H groups in total. The molecule has 2 aliphatic rings. The first-order valence-corrected chi connectivity index (χ1v) is 9.04. The lowest BCUT2D eigenvalue weighted by Gasteiger charge is -2.43. The fourth-order valence-corrected chi connectivity index (χ4v) is 4.63. The molecule has 128 valence electrons. The van der Waals surface area contributed by atoms with E-state index in [9.17, 15) is 9.90 Å². The molecule has 0 unspecified atom stereocenters. The number of H-pyrrole nitrogens is 1. The number of aromatic nitrogens is 2.